The van der Waals surface area contributed by atoms with E-state index < -0.39 is 0 Å². The Morgan fingerprint density at radius 3 is 1.05 bits per heavy atom. The number of allylic oxidation sites excluding steroid dienone is 7. The molecule has 0 atom stereocenters. The Kier molecular flexibility index (Phi) is 15.8. The zero-order valence-corrected chi connectivity index (χ0v) is 28.7. The molecule has 3 aromatic carbocycles. The minimum absolute atomic E-state index is 0.0994. The Bertz CT molecular complexity index is 1210. The predicted octanol–water partition coefficient (Wildman–Crippen LogP) is 7.65. The van der Waals surface area contributed by atoms with Gasteiger partial charge in [0.25, 0.3) is 0 Å². The molecule has 0 saturated heterocycles. The molecule has 0 fully saturated rings. The van der Waals surface area contributed by atoms with E-state index in [0.29, 0.717) is 24.7 Å². The maximum absolute atomic E-state index is 11.0. The van der Waals surface area contributed by atoms with E-state index in [4.69, 9.17) is 0 Å². The first-order valence-corrected chi connectivity index (χ1v) is 15.4. The number of rotatable bonds is 6. The third-order valence-corrected chi connectivity index (χ3v) is 10.7. The average Bonchev–Trinajstić information content (AvgIpc) is 3.08. The predicted molar refractivity (Wildman–Crippen MR) is 164 cm³/mol. The summed E-state index contributed by atoms with van der Waals surface area (Å²) in [6, 6.07) is 21.0. The third kappa shape index (κ3) is 11.2. The molecule has 0 bridgehead atoms. The molecule has 1 aliphatic carbocycles. The molecule has 4 heteroatoms. The van der Waals surface area contributed by atoms with E-state index in [0.717, 1.165) is 16.7 Å². The molecule has 0 aromatic heterocycles. The van der Waals surface area contributed by atoms with E-state index in [9.17, 15) is 15.3 Å². The van der Waals surface area contributed by atoms with Gasteiger partial charge in [-0.2, -0.15) is 0 Å². The Morgan fingerprint density at radius 1 is 0.585 bits per heavy atom. The topological polar surface area (TPSA) is 69.2 Å². The fourth-order valence-corrected chi connectivity index (χ4v) is 5.42. The molecule has 0 unspecified atom stereocenters. The molecule has 0 radical (unpaired) electrons. The van der Waals surface area contributed by atoms with Gasteiger partial charge in [-0.25, -0.2) is 0 Å². The van der Waals surface area contributed by atoms with E-state index in [2.05, 4.69) is 54.4 Å². The molecule has 0 heterocycles. The summed E-state index contributed by atoms with van der Waals surface area (Å²) in [7, 11) is 0. The summed E-state index contributed by atoms with van der Waals surface area (Å²) >= 11 is 1.21. The molecule has 3 nitrogen and oxygen atoms in total. The van der Waals surface area contributed by atoms with Gasteiger partial charge in [0.1, 0.15) is 0 Å². The third-order valence-electron chi connectivity index (χ3n) is 7.07. The van der Waals surface area contributed by atoms with Gasteiger partial charge < -0.3 is 15.3 Å². The van der Waals surface area contributed by atoms with Gasteiger partial charge in [-0.15, -0.1) is 37.0 Å². The van der Waals surface area contributed by atoms with Crippen molar-refractivity contribution in [3.8, 4) is 17.2 Å². The maximum atomic E-state index is 11.0. The molecule has 212 valence electrons. The second kappa shape index (κ2) is 18.1. The van der Waals surface area contributed by atoms with Crippen molar-refractivity contribution in [3.63, 3.8) is 0 Å². The van der Waals surface area contributed by atoms with Crippen molar-refractivity contribution in [3.05, 3.63) is 148 Å². The standard InChI is InChI=1S/C10H15.3C9H10O.Hf/c1-7-6-10(4,5)9(3)8(7)2;3*1-2-5-8-6-3-4-7-9(8)10;/h1-5H3;3*2-4,6-7,10H,1,5H2;/q;;;;+3/p-3. The normalized spacial score (nSPS) is 13.0. The van der Waals surface area contributed by atoms with Crippen LogP contribution < -0.4 is 15.3 Å². The molecule has 4 rings (SSSR count). The van der Waals surface area contributed by atoms with E-state index >= 15 is 0 Å². The van der Waals surface area contributed by atoms with Crippen molar-refractivity contribution in [2.24, 2.45) is 5.41 Å². The van der Waals surface area contributed by atoms with Crippen molar-refractivity contribution < 1.29 is 39.7 Å². The summed E-state index contributed by atoms with van der Waals surface area (Å²) < 4.78 is 1.67. The van der Waals surface area contributed by atoms with Crippen LogP contribution in [-0.2, 0) is 43.6 Å². The number of para-hydroxylation sites is 3. The first-order chi connectivity index (χ1) is 19.4. The molecular formula is C37H42HfO3. The van der Waals surface area contributed by atoms with Gasteiger partial charge >= 0.3 is 84.5 Å². The Hall–Kier alpha value is -3.37. The molecule has 0 aliphatic heterocycles. The van der Waals surface area contributed by atoms with Crippen LogP contribution in [0.4, 0.5) is 0 Å². The van der Waals surface area contributed by atoms with Crippen molar-refractivity contribution in [1.29, 1.82) is 0 Å². The molecule has 0 amide bonds. The number of hydrogen-bond donors (Lipinski definition) is 0. The molecule has 0 spiro atoms. The van der Waals surface area contributed by atoms with Gasteiger partial charge in [-0.05, 0) is 19.3 Å². The number of benzene rings is 3. The van der Waals surface area contributed by atoms with Crippen molar-refractivity contribution in [1.82, 2.24) is 0 Å². The first kappa shape index (κ1) is 35.7. The van der Waals surface area contributed by atoms with E-state index in [1.54, 1.807) is 69.1 Å². The van der Waals surface area contributed by atoms with Crippen LogP contribution in [0.2, 0.25) is 0 Å². The fourth-order valence-electron chi connectivity index (χ4n) is 4.08. The quantitative estimate of drug-likeness (QED) is 0.195. The van der Waals surface area contributed by atoms with Crippen LogP contribution in [0.25, 0.3) is 0 Å². The molecule has 0 N–H and O–H groups in total. The summed E-state index contributed by atoms with van der Waals surface area (Å²) in [4.78, 5) is 0. The van der Waals surface area contributed by atoms with E-state index in [1.165, 1.54) is 29.9 Å². The van der Waals surface area contributed by atoms with Crippen molar-refractivity contribution in [2.45, 2.75) is 53.9 Å². The van der Waals surface area contributed by atoms with Gasteiger partial charge in [0, 0.05) is 0 Å². The monoisotopic (exact) mass is 714 g/mol. The van der Waals surface area contributed by atoms with Crippen LogP contribution >= 0.6 is 0 Å². The minimum atomic E-state index is 0.0994. The summed E-state index contributed by atoms with van der Waals surface area (Å²) in [5.41, 5.74) is 7.48. The Morgan fingerprint density at radius 2 is 0.878 bits per heavy atom. The Balaban J connectivity index is 0.000000274. The van der Waals surface area contributed by atoms with E-state index in [1.807, 2.05) is 36.4 Å². The molecular weight excluding hydrogens is 671 g/mol. The summed E-state index contributed by atoms with van der Waals surface area (Å²) in [6.45, 7) is 22.1. The van der Waals surface area contributed by atoms with Crippen molar-refractivity contribution in [2.75, 3.05) is 0 Å². The van der Waals surface area contributed by atoms with Gasteiger partial charge in [0.05, 0.1) is 0 Å². The summed E-state index contributed by atoms with van der Waals surface area (Å²) in [5, 5.41) is 32.9. The zero-order valence-electron chi connectivity index (χ0n) is 25.1. The van der Waals surface area contributed by atoms with Crippen LogP contribution in [0.5, 0.6) is 17.2 Å². The van der Waals surface area contributed by atoms with Crippen LogP contribution in [-0.4, -0.2) is 0 Å². The molecule has 41 heavy (non-hydrogen) atoms. The second-order valence-corrected chi connectivity index (χ2v) is 12.0. The summed E-state index contributed by atoms with van der Waals surface area (Å²) in [6.07, 6.45) is 7.20. The SMILES string of the molecule is C=CCc1ccccc1[O-].C=CCc1ccccc1[O-].C=CCc1ccccc1[O-].CC1=C(C)C(C)(C)[C]([Hf+3])=C1C. The molecule has 1 aliphatic rings. The van der Waals surface area contributed by atoms with Crippen LogP contribution in [0.15, 0.2) is 131 Å². The first-order valence-electron chi connectivity index (χ1n) is 13.6. The average molecular weight is 713 g/mol. The molecule has 0 saturated carbocycles. The van der Waals surface area contributed by atoms with Crippen LogP contribution in [0, 0.1) is 5.41 Å². The van der Waals surface area contributed by atoms with Gasteiger partial charge in [0.15, 0.2) is 0 Å². The van der Waals surface area contributed by atoms with E-state index in [-0.39, 0.29) is 17.2 Å². The van der Waals surface area contributed by atoms with Gasteiger partial charge in [-0.3, -0.25) is 0 Å². The molecule has 3 aromatic rings. The van der Waals surface area contributed by atoms with Crippen LogP contribution in [0.3, 0.4) is 0 Å². The zero-order chi connectivity index (χ0) is 31.0. The fraction of sp³-hybridized carbons (Fsp3) is 0.243. The summed E-state index contributed by atoms with van der Waals surface area (Å²) in [5.74, 6) is 0.298. The van der Waals surface area contributed by atoms with Gasteiger partial charge in [0.2, 0.25) is 0 Å². The number of hydrogen-bond acceptors (Lipinski definition) is 3. The van der Waals surface area contributed by atoms with Crippen LogP contribution in [0.1, 0.15) is 51.3 Å². The second-order valence-electron chi connectivity index (χ2n) is 10.2. The van der Waals surface area contributed by atoms with Gasteiger partial charge in [-0.1, -0.05) is 108 Å². The van der Waals surface area contributed by atoms with Crippen molar-refractivity contribution >= 4 is 0 Å². The Labute approximate surface area is 262 Å².